The number of anilines is 1. The topological polar surface area (TPSA) is 72.5 Å². The molecule has 1 atom stereocenters. The van der Waals surface area contributed by atoms with Crippen LogP contribution < -0.4 is 5.32 Å². The molecule has 0 aliphatic carbocycles. The lowest BCUT2D eigenvalue weighted by atomic mass is 9.98. The molecule has 1 unspecified atom stereocenters. The molecule has 1 N–H and O–H groups in total. The van der Waals surface area contributed by atoms with Gasteiger partial charge in [-0.05, 0) is 32.4 Å². The number of hydrogen-bond acceptors (Lipinski definition) is 5. The van der Waals surface area contributed by atoms with Crippen LogP contribution in [0, 0.1) is 6.92 Å². The third-order valence-corrected chi connectivity index (χ3v) is 5.17. The normalized spacial score (nSPS) is 24.3. The fourth-order valence-electron chi connectivity index (χ4n) is 2.34. The predicted molar refractivity (Wildman–Crippen MR) is 77.4 cm³/mol. The summed E-state index contributed by atoms with van der Waals surface area (Å²) in [6, 6.07) is 7.48. The first-order chi connectivity index (χ1) is 9.37. The molecule has 1 aromatic carbocycles. The summed E-state index contributed by atoms with van der Waals surface area (Å²) >= 11 is 0. The van der Waals surface area contributed by atoms with Crippen LogP contribution in [0.3, 0.4) is 0 Å². The van der Waals surface area contributed by atoms with E-state index in [1.54, 1.807) is 6.92 Å². The number of esters is 1. The van der Waals surface area contributed by atoms with E-state index in [1.807, 2.05) is 31.2 Å². The van der Waals surface area contributed by atoms with Crippen LogP contribution in [0.25, 0.3) is 0 Å². The van der Waals surface area contributed by atoms with Crippen molar-refractivity contribution < 1.29 is 17.9 Å². The van der Waals surface area contributed by atoms with E-state index in [0.717, 1.165) is 11.3 Å². The third-order valence-electron chi connectivity index (χ3n) is 3.41. The molecule has 1 fully saturated rings. The first-order valence-corrected chi connectivity index (χ1v) is 8.41. The number of aryl methyl sites for hydroxylation is 1. The van der Waals surface area contributed by atoms with E-state index in [1.165, 1.54) is 0 Å². The lowest BCUT2D eigenvalue weighted by Gasteiger charge is -2.27. The van der Waals surface area contributed by atoms with Gasteiger partial charge in [0.2, 0.25) is 0 Å². The van der Waals surface area contributed by atoms with E-state index in [9.17, 15) is 13.2 Å². The van der Waals surface area contributed by atoms with Gasteiger partial charge in [0.15, 0.2) is 15.4 Å². The lowest BCUT2D eigenvalue weighted by Crippen LogP contribution is -2.48. The Kier molecular flexibility index (Phi) is 4.04. The van der Waals surface area contributed by atoms with Crippen LogP contribution in [0.15, 0.2) is 24.3 Å². The Morgan fingerprint density at radius 2 is 2.00 bits per heavy atom. The van der Waals surface area contributed by atoms with Gasteiger partial charge < -0.3 is 10.1 Å². The summed E-state index contributed by atoms with van der Waals surface area (Å²) in [7, 11) is -3.21. The number of ether oxygens (including phenoxy) is 1. The highest BCUT2D eigenvalue weighted by Crippen LogP contribution is 2.29. The largest absolute Gasteiger partial charge is 0.464 e. The fourth-order valence-corrected chi connectivity index (χ4v) is 4.23. The summed E-state index contributed by atoms with van der Waals surface area (Å²) < 4.78 is 28.6. The van der Waals surface area contributed by atoms with Crippen molar-refractivity contribution in [2.75, 3.05) is 23.4 Å². The number of hydrogen-bond donors (Lipinski definition) is 1. The fraction of sp³-hybridized carbons (Fsp3) is 0.500. The Morgan fingerprint density at radius 3 is 2.50 bits per heavy atom. The summed E-state index contributed by atoms with van der Waals surface area (Å²) in [5, 5.41) is 3.07. The van der Waals surface area contributed by atoms with Gasteiger partial charge in [0, 0.05) is 5.69 Å². The molecule has 0 saturated carbocycles. The van der Waals surface area contributed by atoms with Crippen molar-refractivity contribution in [2.45, 2.75) is 25.8 Å². The first kappa shape index (κ1) is 14.8. The van der Waals surface area contributed by atoms with Crippen molar-refractivity contribution in [2.24, 2.45) is 0 Å². The van der Waals surface area contributed by atoms with Gasteiger partial charge in [-0.25, -0.2) is 13.2 Å². The summed E-state index contributed by atoms with van der Waals surface area (Å²) in [6.45, 7) is 3.90. The highest BCUT2D eigenvalue weighted by atomic mass is 32.2. The molecular weight excluding hydrogens is 278 g/mol. The summed E-state index contributed by atoms with van der Waals surface area (Å²) in [6.07, 6.45) is 0.238. The number of nitrogens with one attached hydrogen (secondary N) is 1. The molecule has 1 heterocycles. The van der Waals surface area contributed by atoms with Crippen LogP contribution in [0.2, 0.25) is 0 Å². The zero-order valence-corrected chi connectivity index (χ0v) is 12.5. The molecule has 20 heavy (non-hydrogen) atoms. The molecule has 0 bridgehead atoms. The zero-order chi connectivity index (χ0) is 14.8. The molecule has 0 amide bonds. The average Bonchev–Trinajstić information content (AvgIpc) is 2.69. The molecule has 1 aromatic rings. The molecule has 1 saturated heterocycles. The zero-order valence-electron chi connectivity index (χ0n) is 11.7. The van der Waals surface area contributed by atoms with Gasteiger partial charge in [-0.3, -0.25) is 0 Å². The molecule has 0 aromatic heterocycles. The third kappa shape index (κ3) is 3.12. The second-order valence-corrected chi connectivity index (χ2v) is 7.32. The van der Waals surface area contributed by atoms with E-state index in [4.69, 9.17) is 4.74 Å². The quantitative estimate of drug-likeness (QED) is 0.853. The van der Waals surface area contributed by atoms with Crippen molar-refractivity contribution in [3.63, 3.8) is 0 Å². The van der Waals surface area contributed by atoms with Crippen LogP contribution in [0.5, 0.6) is 0 Å². The maximum atomic E-state index is 12.2. The minimum atomic E-state index is -3.21. The van der Waals surface area contributed by atoms with Gasteiger partial charge in [-0.1, -0.05) is 17.7 Å². The Hall–Kier alpha value is -1.56. The van der Waals surface area contributed by atoms with Gasteiger partial charge in [0.05, 0.1) is 18.1 Å². The summed E-state index contributed by atoms with van der Waals surface area (Å²) in [5.74, 6) is -0.709. The van der Waals surface area contributed by atoms with Crippen molar-refractivity contribution in [1.82, 2.24) is 0 Å². The van der Waals surface area contributed by atoms with Crippen LogP contribution in [-0.4, -0.2) is 38.0 Å². The van der Waals surface area contributed by atoms with Crippen molar-refractivity contribution >= 4 is 21.5 Å². The molecule has 2 rings (SSSR count). The van der Waals surface area contributed by atoms with Crippen molar-refractivity contribution in [1.29, 1.82) is 0 Å². The molecule has 1 aliphatic heterocycles. The minimum Gasteiger partial charge on any atom is -0.464 e. The van der Waals surface area contributed by atoms with Crippen molar-refractivity contribution in [3.8, 4) is 0 Å². The van der Waals surface area contributed by atoms with Gasteiger partial charge >= 0.3 is 5.97 Å². The Balaban J connectivity index is 2.28. The molecule has 0 spiro atoms. The van der Waals surface area contributed by atoms with Gasteiger partial charge in [0.25, 0.3) is 0 Å². The highest BCUT2D eigenvalue weighted by molar-refractivity contribution is 7.91. The monoisotopic (exact) mass is 297 g/mol. The summed E-state index contributed by atoms with van der Waals surface area (Å²) in [5.41, 5.74) is 0.657. The van der Waals surface area contributed by atoms with E-state index < -0.39 is 21.3 Å². The minimum absolute atomic E-state index is 0.00464. The SMILES string of the molecule is CCOC(=O)C1(Nc2ccc(C)cc2)CCS(=O)(=O)C1. The van der Waals surface area contributed by atoms with E-state index in [2.05, 4.69) is 5.32 Å². The van der Waals surface area contributed by atoms with Crippen molar-refractivity contribution in [3.05, 3.63) is 29.8 Å². The first-order valence-electron chi connectivity index (χ1n) is 6.59. The number of carbonyl (C=O) groups is 1. The summed E-state index contributed by atoms with van der Waals surface area (Å²) in [4.78, 5) is 12.2. The van der Waals surface area contributed by atoms with Crippen LogP contribution in [0.4, 0.5) is 5.69 Å². The van der Waals surface area contributed by atoms with Gasteiger partial charge in [-0.15, -0.1) is 0 Å². The van der Waals surface area contributed by atoms with E-state index in [0.29, 0.717) is 0 Å². The average molecular weight is 297 g/mol. The number of sulfone groups is 1. The van der Waals surface area contributed by atoms with Crippen LogP contribution >= 0.6 is 0 Å². The molecule has 5 nitrogen and oxygen atoms in total. The van der Waals surface area contributed by atoms with Gasteiger partial charge in [0.1, 0.15) is 0 Å². The van der Waals surface area contributed by atoms with Gasteiger partial charge in [-0.2, -0.15) is 0 Å². The van der Waals surface area contributed by atoms with E-state index in [-0.39, 0.29) is 24.5 Å². The smallest absolute Gasteiger partial charge is 0.332 e. The standard InChI is InChI=1S/C14H19NO4S/c1-3-19-13(16)14(8-9-20(17,18)10-14)15-12-6-4-11(2)5-7-12/h4-7,15H,3,8-10H2,1-2H3. The second-order valence-electron chi connectivity index (χ2n) is 5.14. The highest BCUT2D eigenvalue weighted by Gasteiger charge is 2.49. The van der Waals surface area contributed by atoms with Crippen LogP contribution in [0.1, 0.15) is 18.9 Å². The molecule has 6 heteroatoms. The van der Waals surface area contributed by atoms with Crippen LogP contribution in [-0.2, 0) is 19.4 Å². The Labute approximate surface area is 119 Å². The molecular formula is C14H19NO4S. The lowest BCUT2D eigenvalue weighted by molar-refractivity contribution is -0.147. The second kappa shape index (κ2) is 5.44. The molecule has 110 valence electrons. The molecule has 0 radical (unpaired) electrons. The maximum absolute atomic E-state index is 12.2. The number of carbonyl (C=O) groups excluding carboxylic acids is 1. The number of benzene rings is 1. The maximum Gasteiger partial charge on any atom is 0.332 e. The Bertz CT molecular complexity index is 594. The number of rotatable bonds is 4. The van der Waals surface area contributed by atoms with E-state index >= 15 is 0 Å². The Morgan fingerprint density at radius 1 is 1.35 bits per heavy atom. The molecule has 1 aliphatic rings. The predicted octanol–water partition coefficient (Wildman–Crippen LogP) is 1.53.